The van der Waals surface area contributed by atoms with E-state index in [1.165, 1.54) is 25.7 Å². The number of para-hydroxylation sites is 3. The molecule has 0 unspecified atom stereocenters. The molecule has 0 saturated heterocycles. The van der Waals surface area contributed by atoms with Crippen molar-refractivity contribution in [2.75, 3.05) is 0 Å². The Hall–Kier alpha value is -2.82. The van der Waals surface area contributed by atoms with Gasteiger partial charge >= 0.3 is 0 Å². The van der Waals surface area contributed by atoms with Gasteiger partial charge < -0.3 is 14.6 Å². The van der Waals surface area contributed by atoms with Crippen molar-refractivity contribution in [3.8, 4) is 5.75 Å². The molecule has 1 aromatic heterocycles. The van der Waals surface area contributed by atoms with E-state index in [9.17, 15) is 4.79 Å². The third-order valence-electron chi connectivity index (χ3n) is 7.23. The predicted octanol–water partition coefficient (Wildman–Crippen LogP) is 5.12. The first kappa shape index (κ1) is 20.1. The fourth-order valence-electron chi connectivity index (χ4n) is 5.78. The van der Waals surface area contributed by atoms with Crippen molar-refractivity contribution >= 4 is 16.9 Å². The second-order valence-electron chi connectivity index (χ2n) is 9.31. The van der Waals surface area contributed by atoms with Crippen molar-refractivity contribution in [1.82, 2.24) is 14.9 Å². The van der Waals surface area contributed by atoms with Crippen LogP contribution in [0.5, 0.6) is 5.75 Å². The van der Waals surface area contributed by atoms with E-state index in [1.54, 1.807) is 0 Å². The molecule has 1 heterocycles. The zero-order valence-corrected chi connectivity index (χ0v) is 18.3. The van der Waals surface area contributed by atoms with Crippen LogP contribution in [0.3, 0.4) is 0 Å². The van der Waals surface area contributed by atoms with Gasteiger partial charge in [0.15, 0.2) is 11.9 Å². The number of nitrogens with one attached hydrogen (secondary N) is 1. The van der Waals surface area contributed by atoms with Gasteiger partial charge in [-0.2, -0.15) is 0 Å². The standard InChI is InChI=1S/C26H31N3O2/c1-17(22-15-19-12-13-20(22)14-19)27-25(30)16-29-24-11-7-6-10-23(24)28-26(29)18(2)31-21-8-4-3-5-9-21/h3-11,17-20,22H,12-16H2,1-2H3,(H,27,30)/t17-,18-,19-,20-,22-/m0/s1. The number of hydrogen-bond donors (Lipinski definition) is 1. The summed E-state index contributed by atoms with van der Waals surface area (Å²) in [5, 5.41) is 3.30. The van der Waals surface area contributed by atoms with Crippen molar-refractivity contribution in [1.29, 1.82) is 0 Å². The number of aromatic nitrogens is 2. The molecule has 162 valence electrons. The van der Waals surface area contributed by atoms with Crippen LogP contribution in [0.25, 0.3) is 11.0 Å². The summed E-state index contributed by atoms with van der Waals surface area (Å²) in [4.78, 5) is 17.9. The number of hydrogen-bond acceptors (Lipinski definition) is 3. The number of rotatable bonds is 7. The fourth-order valence-corrected chi connectivity index (χ4v) is 5.78. The lowest BCUT2D eigenvalue weighted by atomic mass is 9.84. The van der Waals surface area contributed by atoms with Crippen LogP contribution in [0.2, 0.25) is 0 Å². The van der Waals surface area contributed by atoms with E-state index in [0.717, 1.165) is 34.4 Å². The van der Waals surface area contributed by atoms with E-state index in [0.29, 0.717) is 5.92 Å². The summed E-state index contributed by atoms with van der Waals surface area (Å²) in [7, 11) is 0. The maximum Gasteiger partial charge on any atom is 0.240 e. The molecular formula is C26H31N3O2. The Morgan fingerprint density at radius 3 is 2.61 bits per heavy atom. The number of carbonyl (C=O) groups is 1. The molecule has 0 aliphatic heterocycles. The predicted molar refractivity (Wildman–Crippen MR) is 122 cm³/mol. The van der Waals surface area contributed by atoms with Gasteiger partial charge in [-0.3, -0.25) is 4.79 Å². The van der Waals surface area contributed by atoms with Gasteiger partial charge in [0.2, 0.25) is 5.91 Å². The maximum absolute atomic E-state index is 13.1. The molecule has 5 atom stereocenters. The minimum atomic E-state index is -0.273. The van der Waals surface area contributed by atoms with Gasteiger partial charge in [-0.25, -0.2) is 4.98 Å². The number of amides is 1. The number of ether oxygens (including phenoxy) is 1. The van der Waals surface area contributed by atoms with Crippen LogP contribution in [-0.2, 0) is 11.3 Å². The normalized spacial score (nSPS) is 24.3. The number of fused-ring (bicyclic) bond motifs is 3. The highest BCUT2D eigenvalue weighted by atomic mass is 16.5. The SMILES string of the molecule is C[C@H](Oc1ccccc1)c1nc2ccccc2n1CC(=O)N[C@@H](C)[C@@H]1C[C@H]2CC[C@H]1C2. The summed E-state index contributed by atoms with van der Waals surface area (Å²) in [5.74, 6) is 3.92. The minimum absolute atomic E-state index is 0.0478. The lowest BCUT2D eigenvalue weighted by Crippen LogP contribution is -2.41. The highest BCUT2D eigenvalue weighted by molar-refractivity contribution is 5.81. The van der Waals surface area contributed by atoms with Gasteiger partial charge in [0.05, 0.1) is 11.0 Å². The third-order valence-corrected chi connectivity index (χ3v) is 7.23. The molecule has 2 bridgehead atoms. The highest BCUT2D eigenvalue weighted by Crippen LogP contribution is 2.49. The van der Waals surface area contributed by atoms with Crippen molar-refractivity contribution in [2.45, 2.75) is 58.2 Å². The van der Waals surface area contributed by atoms with Gasteiger partial charge in [-0.15, -0.1) is 0 Å². The lowest BCUT2D eigenvalue weighted by molar-refractivity contribution is -0.122. The Morgan fingerprint density at radius 2 is 1.87 bits per heavy atom. The molecule has 0 radical (unpaired) electrons. The van der Waals surface area contributed by atoms with E-state index in [4.69, 9.17) is 9.72 Å². The molecule has 2 aromatic carbocycles. The summed E-state index contributed by atoms with van der Waals surface area (Å²) in [6, 6.07) is 17.9. The van der Waals surface area contributed by atoms with Crippen molar-refractivity contribution in [2.24, 2.45) is 17.8 Å². The molecule has 5 nitrogen and oxygen atoms in total. The van der Waals surface area contributed by atoms with Crippen LogP contribution < -0.4 is 10.1 Å². The van der Waals surface area contributed by atoms with Crippen LogP contribution in [0.1, 0.15) is 51.5 Å². The largest absolute Gasteiger partial charge is 0.483 e. The van der Waals surface area contributed by atoms with Gasteiger partial charge in [0.25, 0.3) is 0 Å². The van der Waals surface area contributed by atoms with Crippen molar-refractivity contribution in [3.63, 3.8) is 0 Å². The first-order chi connectivity index (χ1) is 15.1. The molecule has 3 aromatic rings. The molecule has 5 rings (SSSR count). The average molecular weight is 418 g/mol. The summed E-state index contributed by atoms with van der Waals surface area (Å²) in [6.45, 7) is 4.42. The zero-order chi connectivity index (χ0) is 21.4. The zero-order valence-electron chi connectivity index (χ0n) is 18.3. The molecule has 0 spiro atoms. The van der Waals surface area contributed by atoms with E-state index in [2.05, 4.69) is 12.2 Å². The number of carbonyl (C=O) groups excluding carboxylic acids is 1. The number of nitrogens with zero attached hydrogens (tertiary/aromatic N) is 2. The second-order valence-corrected chi connectivity index (χ2v) is 9.31. The molecule has 5 heteroatoms. The monoisotopic (exact) mass is 417 g/mol. The second kappa shape index (κ2) is 8.37. The van der Waals surface area contributed by atoms with Crippen LogP contribution >= 0.6 is 0 Å². The van der Waals surface area contributed by atoms with Crippen LogP contribution in [-0.4, -0.2) is 21.5 Å². The summed E-state index contributed by atoms with van der Waals surface area (Å²) < 4.78 is 8.14. The quantitative estimate of drug-likeness (QED) is 0.581. The summed E-state index contributed by atoms with van der Waals surface area (Å²) >= 11 is 0. The molecule has 2 fully saturated rings. The Kier molecular flexibility index (Phi) is 5.43. The van der Waals surface area contributed by atoms with Crippen LogP contribution in [0.4, 0.5) is 0 Å². The van der Waals surface area contributed by atoms with E-state index in [1.807, 2.05) is 66.1 Å². The molecule has 2 aliphatic carbocycles. The average Bonchev–Trinajstić information content (AvgIpc) is 3.49. The van der Waals surface area contributed by atoms with Crippen molar-refractivity contribution < 1.29 is 9.53 Å². The Morgan fingerprint density at radius 1 is 1.10 bits per heavy atom. The maximum atomic E-state index is 13.1. The number of imidazole rings is 1. The Labute approximate surface area is 183 Å². The fraction of sp³-hybridized carbons (Fsp3) is 0.462. The van der Waals surface area contributed by atoms with Gasteiger partial charge in [0, 0.05) is 6.04 Å². The summed E-state index contributed by atoms with van der Waals surface area (Å²) in [5.41, 5.74) is 1.85. The van der Waals surface area contributed by atoms with Gasteiger partial charge in [0.1, 0.15) is 12.3 Å². The molecule has 1 N–H and O–H groups in total. The summed E-state index contributed by atoms with van der Waals surface area (Å²) in [6.07, 6.45) is 5.07. The molecule has 2 saturated carbocycles. The molecular weight excluding hydrogens is 386 g/mol. The highest BCUT2D eigenvalue weighted by Gasteiger charge is 2.42. The number of benzene rings is 2. The Balaban J connectivity index is 1.34. The van der Waals surface area contributed by atoms with Crippen LogP contribution in [0.15, 0.2) is 54.6 Å². The van der Waals surface area contributed by atoms with E-state index >= 15 is 0 Å². The first-order valence-corrected chi connectivity index (χ1v) is 11.5. The van der Waals surface area contributed by atoms with E-state index < -0.39 is 0 Å². The third kappa shape index (κ3) is 4.06. The Bertz CT molecular complexity index is 1060. The lowest BCUT2D eigenvalue weighted by Gasteiger charge is -2.28. The van der Waals surface area contributed by atoms with Crippen LogP contribution in [0, 0.1) is 17.8 Å². The van der Waals surface area contributed by atoms with Gasteiger partial charge in [-0.05, 0) is 75.1 Å². The van der Waals surface area contributed by atoms with Crippen molar-refractivity contribution in [3.05, 3.63) is 60.4 Å². The molecule has 31 heavy (non-hydrogen) atoms. The first-order valence-electron chi connectivity index (χ1n) is 11.5. The smallest absolute Gasteiger partial charge is 0.240 e. The van der Waals surface area contributed by atoms with Gasteiger partial charge in [-0.1, -0.05) is 36.8 Å². The topological polar surface area (TPSA) is 56.2 Å². The van der Waals surface area contributed by atoms with E-state index in [-0.39, 0.29) is 24.6 Å². The molecule has 1 amide bonds. The minimum Gasteiger partial charge on any atom is -0.483 e. The molecule has 2 aliphatic rings.